The Morgan fingerprint density at radius 2 is 2.00 bits per heavy atom. The summed E-state index contributed by atoms with van der Waals surface area (Å²) in [5.41, 5.74) is 1.12. The molecule has 2 rings (SSSR count). The average Bonchev–Trinajstić information content (AvgIpc) is 2.69. The molecule has 0 aromatic heterocycles. The van der Waals surface area contributed by atoms with Crippen LogP contribution >= 0.6 is 0 Å². The van der Waals surface area contributed by atoms with Crippen LogP contribution in [0.4, 0.5) is 4.79 Å². The van der Waals surface area contributed by atoms with Gasteiger partial charge in [-0.05, 0) is 52.2 Å². The molecule has 1 aromatic rings. The summed E-state index contributed by atoms with van der Waals surface area (Å²) >= 11 is 0. The van der Waals surface area contributed by atoms with E-state index < -0.39 is 0 Å². The van der Waals surface area contributed by atoms with Gasteiger partial charge in [0.05, 0.1) is 13.2 Å². The van der Waals surface area contributed by atoms with Crippen molar-refractivity contribution in [1.82, 2.24) is 15.5 Å². The van der Waals surface area contributed by atoms with Crippen molar-refractivity contribution >= 4 is 12.1 Å². The fourth-order valence-corrected chi connectivity index (χ4v) is 3.10. The number of hydrogen-bond donors (Lipinski definition) is 2. The maximum atomic E-state index is 11.8. The molecule has 2 N–H and O–H groups in total. The van der Waals surface area contributed by atoms with Crippen molar-refractivity contribution < 1.29 is 14.3 Å². The number of likely N-dealkylation sites (tertiary alicyclic amines) is 1. The summed E-state index contributed by atoms with van der Waals surface area (Å²) in [5.74, 6) is 1.69. The molecule has 7 nitrogen and oxygen atoms in total. The molecule has 0 spiro atoms. The summed E-state index contributed by atoms with van der Waals surface area (Å²) in [7, 11) is 0. The van der Waals surface area contributed by atoms with E-state index in [1.807, 2.05) is 52.0 Å². The lowest BCUT2D eigenvalue weighted by molar-refractivity contribution is 0.0963. The third-order valence-electron chi connectivity index (χ3n) is 4.63. The van der Waals surface area contributed by atoms with Crippen molar-refractivity contribution in [3.05, 3.63) is 29.8 Å². The molecule has 7 heteroatoms. The first-order chi connectivity index (χ1) is 13.5. The predicted octanol–water partition coefficient (Wildman–Crippen LogP) is 2.94. The standard InChI is InChI=1S/C21H34N4O3/c1-5-22-20(23-15-17(4)28-19-10-8-7-9-16(19)3)24-18-11-13-25(14-12-18)21(26)27-6-2/h7-10,17-18H,5-6,11-15H2,1-4H3,(H2,22,23,24). The van der Waals surface area contributed by atoms with E-state index in [0.29, 0.717) is 26.2 Å². The molecule has 1 heterocycles. The van der Waals surface area contributed by atoms with Crippen LogP contribution in [0.1, 0.15) is 39.2 Å². The first-order valence-corrected chi connectivity index (χ1v) is 10.2. The van der Waals surface area contributed by atoms with Gasteiger partial charge in [-0.3, -0.25) is 0 Å². The number of nitrogens with one attached hydrogen (secondary N) is 2. The zero-order chi connectivity index (χ0) is 20.4. The van der Waals surface area contributed by atoms with Gasteiger partial charge in [0.2, 0.25) is 0 Å². The predicted molar refractivity (Wildman–Crippen MR) is 112 cm³/mol. The van der Waals surface area contributed by atoms with E-state index in [1.165, 1.54) is 0 Å². The Morgan fingerprint density at radius 1 is 1.29 bits per heavy atom. The van der Waals surface area contributed by atoms with E-state index in [1.54, 1.807) is 4.90 Å². The van der Waals surface area contributed by atoms with Crippen LogP contribution in [0, 0.1) is 6.92 Å². The van der Waals surface area contributed by atoms with Crippen LogP contribution in [0.2, 0.25) is 0 Å². The number of rotatable bonds is 7. The third-order valence-corrected chi connectivity index (χ3v) is 4.63. The van der Waals surface area contributed by atoms with Crippen LogP contribution in [-0.2, 0) is 4.74 Å². The van der Waals surface area contributed by atoms with E-state index in [4.69, 9.17) is 9.47 Å². The van der Waals surface area contributed by atoms with E-state index >= 15 is 0 Å². The summed E-state index contributed by atoms with van der Waals surface area (Å²) in [6, 6.07) is 8.30. The Hall–Kier alpha value is -2.44. The lowest BCUT2D eigenvalue weighted by Gasteiger charge is -2.32. The Balaban J connectivity index is 1.83. The number of piperidine rings is 1. The van der Waals surface area contributed by atoms with Crippen molar-refractivity contribution in [2.45, 2.75) is 52.7 Å². The number of benzene rings is 1. The number of guanidine groups is 1. The number of aryl methyl sites for hydroxylation is 1. The SMILES string of the molecule is CCNC(=NCC(C)Oc1ccccc1C)NC1CCN(C(=O)OCC)CC1. The molecule has 1 unspecified atom stereocenters. The summed E-state index contributed by atoms with van der Waals surface area (Å²) in [5, 5.41) is 6.78. The summed E-state index contributed by atoms with van der Waals surface area (Å²) in [4.78, 5) is 18.3. The number of aliphatic imine (C=N–C) groups is 1. The van der Waals surface area contributed by atoms with Gasteiger partial charge in [-0.2, -0.15) is 0 Å². The summed E-state index contributed by atoms with van der Waals surface area (Å²) < 4.78 is 11.1. The first kappa shape index (κ1) is 21.9. The molecule has 1 amide bonds. The molecule has 1 saturated heterocycles. The van der Waals surface area contributed by atoms with E-state index in [9.17, 15) is 4.79 Å². The molecule has 0 saturated carbocycles. The minimum absolute atomic E-state index is 0.0257. The summed E-state index contributed by atoms with van der Waals surface area (Å²) in [6.45, 7) is 11.1. The van der Waals surface area contributed by atoms with Crippen LogP contribution in [0.15, 0.2) is 29.3 Å². The number of nitrogens with zero attached hydrogens (tertiary/aromatic N) is 2. The van der Waals surface area contributed by atoms with Crippen LogP contribution < -0.4 is 15.4 Å². The van der Waals surface area contributed by atoms with E-state index in [0.717, 1.165) is 36.7 Å². The summed E-state index contributed by atoms with van der Waals surface area (Å²) in [6.07, 6.45) is 1.50. The molecule has 0 aliphatic carbocycles. The van der Waals surface area contributed by atoms with Gasteiger partial charge >= 0.3 is 6.09 Å². The number of carbonyl (C=O) groups excluding carboxylic acids is 1. The fraction of sp³-hybridized carbons (Fsp3) is 0.619. The van der Waals surface area contributed by atoms with E-state index in [-0.39, 0.29) is 18.2 Å². The number of hydrogen-bond acceptors (Lipinski definition) is 4. The van der Waals surface area contributed by atoms with Crippen molar-refractivity contribution in [2.24, 2.45) is 4.99 Å². The van der Waals surface area contributed by atoms with Crippen molar-refractivity contribution in [3.63, 3.8) is 0 Å². The molecule has 1 aliphatic heterocycles. The molecular formula is C21H34N4O3. The molecular weight excluding hydrogens is 356 g/mol. The minimum atomic E-state index is -0.219. The highest BCUT2D eigenvalue weighted by Gasteiger charge is 2.24. The second kappa shape index (κ2) is 11.4. The molecule has 0 radical (unpaired) electrons. The van der Waals surface area contributed by atoms with Gasteiger partial charge < -0.3 is 25.0 Å². The second-order valence-electron chi connectivity index (χ2n) is 7.02. The van der Waals surface area contributed by atoms with Crippen molar-refractivity contribution in [3.8, 4) is 5.75 Å². The zero-order valence-corrected chi connectivity index (χ0v) is 17.5. The highest BCUT2D eigenvalue weighted by molar-refractivity contribution is 5.80. The zero-order valence-electron chi connectivity index (χ0n) is 17.5. The van der Waals surface area contributed by atoms with Gasteiger partial charge in [0, 0.05) is 25.7 Å². The lowest BCUT2D eigenvalue weighted by atomic mass is 10.1. The first-order valence-electron chi connectivity index (χ1n) is 10.2. The highest BCUT2D eigenvalue weighted by atomic mass is 16.6. The van der Waals surface area contributed by atoms with Crippen LogP contribution in [0.5, 0.6) is 5.75 Å². The largest absolute Gasteiger partial charge is 0.489 e. The van der Waals surface area contributed by atoms with Crippen LogP contribution in [0.3, 0.4) is 0 Å². The smallest absolute Gasteiger partial charge is 0.409 e. The molecule has 1 aromatic carbocycles. The van der Waals surface area contributed by atoms with Crippen molar-refractivity contribution in [1.29, 1.82) is 0 Å². The maximum absolute atomic E-state index is 11.8. The maximum Gasteiger partial charge on any atom is 0.409 e. The van der Waals surface area contributed by atoms with Gasteiger partial charge in [-0.15, -0.1) is 0 Å². The lowest BCUT2D eigenvalue weighted by Crippen LogP contribution is -2.50. The second-order valence-corrected chi connectivity index (χ2v) is 7.02. The number of ether oxygens (including phenoxy) is 2. The van der Waals surface area contributed by atoms with Gasteiger partial charge in [-0.25, -0.2) is 9.79 Å². The topological polar surface area (TPSA) is 75.2 Å². The Bertz CT molecular complexity index is 642. The Labute approximate surface area is 168 Å². The molecule has 28 heavy (non-hydrogen) atoms. The number of amides is 1. The highest BCUT2D eigenvalue weighted by Crippen LogP contribution is 2.17. The Kier molecular flexibility index (Phi) is 8.91. The average molecular weight is 391 g/mol. The number of para-hydroxylation sites is 1. The third kappa shape index (κ3) is 6.94. The molecule has 1 atom stereocenters. The van der Waals surface area contributed by atoms with Crippen LogP contribution in [0.25, 0.3) is 0 Å². The van der Waals surface area contributed by atoms with Crippen LogP contribution in [-0.4, -0.2) is 61.9 Å². The van der Waals surface area contributed by atoms with Crippen molar-refractivity contribution in [2.75, 3.05) is 32.8 Å². The van der Waals surface area contributed by atoms with Gasteiger partial charge in [0.1, 0.15) is 11.9 Å². The molecule has 1 fully saturated rings. The molecule has 156 valence electrons. The van der Waals surface area contributed by atoms with Gasteiger partial charge in [-0.1, -0.05) is 18.2 Å². The van der Waals surface area contributed by atoms with Gasteiger partial charge in [0.25, 0.3) is 0 Å². The normalized spacial score (nSPS) is 16.4. The van der Waals surface area contributed by atoms with E-state index in [2.05, 4.69) is 15.6 Å². The molecule has 1 aliphatic rings. The fourth-order valence-electron chi connectivity index (χ4n) is 3.10. The monoisotopic (exact) mass is 390 g/mol. The van der Waals surface area contributed by atoms with Gasteiger partial charge in [0.15, 0.2) is 5.96 Å². The number of carbonyl (C=O) groups is 1. The Morgan fingerprint density at radius 3 is 2.64 bits per heavy atom. The minimum Gasteiger partial charge on any atom is -0.489 e. The quantitative estimate of drug-likeness (QED) is 0.553. The molecule has 0 bridgehead atoms.